The van der Waals surface area contributed by atoms with E-state index in [-0.39, 0.29) is 0 Å². The fourth-order valence-electron chi connectivity index (χ4n) is 2.10. The molecular weight excluding hydrogens is 248 g/mol. The zero-order valence-corrected chi connectivity index (χ0v) is 12.6. The van der Waals surface area contributed by atoms with E-state index in [1.807, 2.05) is 29.1 Å². The average Bonchev–Trinajstić information content (AvgIpc) is 2.88. The van der Waals surface area contributed by atoms with Crippen molar-refractivity contribution in [1.29, 1.82) is 0 Å². The lowest BCUT2D eigenvalue weighted by Gasteiger charge is -2.17. The highest BCUT2D eigenvalue weighted by Crippen LogP contribution is 2.08. The van der Waals surface area contributed by atoms with E-state index >= 15 is 0 Å². The number of para-hydroxylation sites is 1. The molecule has 2 aromatic rings. The number of hydrogen-bond donors (Lipinski definition) is 1. The van der Waals surface area contributed by atoms with Gasteiger partial charge in [0.2, 0.25) is 0 Å². The summed E-state index contributed by atoms with van der Waals surface area (Å²) < 4.78 is 1.93. The van der Waals surface area contributed by atoms with E-state index in [0.717, 1.165) is 25.3 Å². The van der Waals surface area contributed by atoms with Crippen molar-refractivity contribution >= 4 is 0 Å². The van der Waals surface area contributed by atoms with Crippen LogP contribution in [0.5, 0.6) is 0 Å². The van der Waals surface area contributed by atoms with E-state index < -0.39 is 0 Å². The van der Waals surface area contributed by atoms with Gasteiger partial charge in [0.25, 0.3) is 0 Å². The lowest BCUT2D eigenvalue weighted by Crippen LogP contribution is -2.32. The van der Waals surface area contributed by atoms with Gasteiger partial charge in [0.05, 0.1) is 11.9 Å². The maximum atomic E-state index is 4.42. The Morgan fingerprint density at radius 3 is 2.70 bits per heavy atom. The van der Waals surface area contributed by atoms with Crippen LogP contribution >= 0.6 is 0 Å². The van der Waals surface area contributed by atoms with Gasteiger partial charge in [0.15, 0.2) is 0 Å². The molecular formula is C16H24N4. The number of nitrogens with one attached hydrogen (secondary N) is 1. The van der Waals surface area contributed by atoms with Crippen LogP contribution in [0.15, 0.2) is 42.7 Å². The van der Waals surface area contributed by atoms with E-state index in [1.54, 1.807) is 0 Å². The second-order valence-corrected chi connectivity index (χ2v) is 5.48. The fourth-order valence-corrected chi connectivity index (χ4v) is 2.10. The maximum Gasteiger partial charge on any atom is 0.0645 e. The summed E-state index contributed by atoms with van der Waals surface area (Å²) >= 11 is 0. The van der Waals surface area contributed by atoms with Crippen LogP contribution in [0.3, 0.4) is 0 Å². The van der Waals surface area contributed by atoms with E-state index in [2.05, 4.69) is 54.5 Å². The Kier molecular flexibility index (Phi) is 5.32. The average molecular weight is 272 g/mol. The minimum atomic E-state index is 0.546. The molecule has 0 aliphatic rings. The number of rotatable bonds is 7. The number of likely N-dealkylation sites (N-methyl/N-ethyl adjacent to an activating group) is 1. The number of nitrogens with zero attached hydrogens (tertiary/aromatic N) is 3. The summed E-state index contributed by atoms with van der Waals surface area (Å²) in [6, 6.07) is 10.7. The van der Waals surface area contributed by atoms with Crippen LogP contribution in [0.4, 0.5) is 0 Å². The largest absolute Gasteiger partial charge is 0.313 e. The summed E-state index contributed by atoms with van der Waals surface area (Å²) in [6.07, 6.45) is 4.04. The molecule has 0 amide bonds. The van der Waals surface area contributed by atoms with Crippen LogP contribution in [0.1, 0.15) is 19.4 Å². The molecule has 0 bridgehead atoms. The molecule has 1 heterocycles. The molecule has 0 aliphatic carbocycles. The minimum Gasteiger partial charge on any atom is -0.313 e. The second kappa shape index (κ2) is 7.22. The molecule has 4 nitrogen and oxygen atoms in total. The van der Waals surface area contributed by atoms with E-state index in [9.17, 15) is 0 Å². The van der Waals surface area contributed by atoms with Crippen LogP contribution in [-0.2, 0) is 6.54 Å². The van der Waals surface area contributed by atoms with Crippen LogP contribution in [0.2, 0.25) is 0 Å². The van der Waals surface area contributed by atoms with Gasteiger partial charge in [0.1, 0.15) is 0 Å². The molecule has 20 heavy (non-hydrogen) atoms. The van der Waals surface area contributed by atoms with Gasteiger partial charge < -0.3 is 10.2 Å². The lowest BCUT2D eigenvalue weighted by atomic mass is 10.3. The highest BCUT2D eigenvalue weighted by molar-refractivity contribution is 5.30. The van der Waals surface area contributed by atoms with Crippen molar-refractivity contribution in [2.75, 3.05) is 20.1 Å². The monoisotopic (exact) mass is 272 g/mol. The molecule has 0 atom stereocenters. The van der Waals surface area contributed by atoms with Crippen molar-refractivity contribution in [2.24, 2.45) is 0 Å². The van der Waals surface area contributed by atoms with Crippen molar-refractivity contribution in [2.45, 2.75) is 26.4 Å². The lowest BCUT2D eigenvalue weighted by molar-refractivity contribution is 0.320. The molecule has 1 aromatic carbocycles. The number of aromatic nitrogens is 2. The van der Waals surface area contributed by atoms with Gasteiger partial charge in [0, 0.05) is 37.4 Å². The third-order valence-corrected chi connectivity index (χ3v) is 3.16. The Morgan fingerprint density at radius 2 is 2.00 bits per heavy atom. The highest BCUT2D eigenvalue weighted by Gasteiger charge is 2.04. The SMILES string of the molecule is CC(C)NCCN(C)Cc1cnn(-c2ccccc2)c1. The molecule has 0 radical (unpaired) electrons. The Morgan fingerprint density at radius 1 is 1.25 bits per heavy atom. The Hall–Kier alpha value is -1.65. The summed E-state index contributed by atoms with van der Waals surface area (Å²) in [7, 11) is 2.14. The first-order valence-electron chi connectivity index (χ1n) is 7.16. The van der Waals surface area contributed by atoms with Crippen LogP contribution in [0, 0.1) is 0 Å². The van der Waals surface area contributed by atoms with Gasteiger partial charge in [-0.3, -0.25) is 0 Å². The third-order valence-electron chi connectivity index (χ3n) is 3.16. The first-order valence-corrected chi connectivity index (χ1v) is 7.16. The molecule has 1 N–H and O–H groups in total. The van der Waals surface area contributed by atoms with E-state index in [0.29, 0.717) is 6.04 Å². The molecule has 2 rings (SSSR count). The van der Waals surface area contributed by atoms with Crippen molar-refractivity contribution in [3.05, 3.63) is 48.3 Å². The Balaban J connectivity index is 1.86. The number of benzene rings is 1. The van der Waals surface area contributed by atoms with Crippen molar-refractivity contribution in [3.63, 3.8) is 0 Å². The summed E-state index contributed by atoms with van der Waals surface area (Å²) in [5.41, 5.74) is 2.34. The third kappa shape index (κ3) is 4.47. The van der Waals surface area contributed by atoms with Gasteiger partial charge in [-0.05, 0) is 19.2 Å². The molecule has 108 valence electrons. The summed E-state index contributed by atoms with van der Waals surface area (Å²) in [5, 5.41) is 7.85. The second-order valence-electron chi connectivity index (χ2n) is 5.48. The van der Waals surface area contributed by atoms with Crippen LogP contribution < -0.4 is 5.32 Å². The Bertz CT molecular complexity index is 504. The molecule has 0 unspecified atom stereocenters. The van der Waals surface area contributed by atoms with Crippen molar-refractivity contribution < 1.29 is 0 Å². The number of hydrogen-bond acceptors (Lipinski definition) is 3. The predicted molar refractivity (Wildman–Crippen MR) is 83.0 cm³/mol. The van der Waals surface area contributed by atoms with Gasteiger partial charge in [-0.15, -0.1) is 0 Å². The topological polar surface area (TPSA) is 33.1 Å². The minimum absolute atomic E-state index is 0.546. The van der Waals surface area contributed by atoms with Crippen LogP contribution in [0.25, 0.3) is 5.69 Å². The van der Waals surface area contributed by atoms with Gasteiger partial charge in [-0.25, -0.2) is 4.68 Å². The van der Waals surface area contributed by atoms with Crippen LogP contribution in [-0.4, -0.2) is 40.9 Å². The maximum absolute atomic E-state index is 4.42. The molecule has 4 heteroatoms. The summed E-state index contributed by atoms with van der Waals surface area (Å²) in [6.45, 7) is 7.32. The van der Waals surface area contributed by atoms with Gasteiger partial charge >= 0.3 is 0 Å². The van der Waals surface area contributed by atoms with Gasteiger partial charge in [-0.2, -0.15) is 5.10 Å². The van der Waals surface area contributed by atoms with Gasteiger partial charge in [-0.1, -0.05) is 32.0 Å². The molecule has 1 aromatic heterocycles. The first kappa shape index (κ1) is 14.8. The van der Waals surface area contributed by atoms with Crippen molar-refractivity contribution in [3.8, 4) is 5.69 Å². The zero-order valence-electron chi connectivity index (χ0n) is 12.6. The first-order chi connectivity index (χ1) is 9.65. The fraction of sp³-hybridized carbons (Fsp3) is 0.438. The summed E-state index contributed by atoms with van der Waals surface area (Å²) in [5.74, 6) is 0. The summed E-state index contributed by atoms with van der Waals surface area (Å²) in [4.78, 5) is 2.31. The highest BCUT2D eigenvalue weighted by atomic mass is 15.3. The standard InChI is InChI=1S/C16H24N4/c1-14(2)17-9-10-19(3)12-15-11-18-20(13-15)16-7-5-4-6-8-16/h4-8,11,13-14,17H,9-10,12H2,1-3H3. The molecule has 0 saturated heterocycles. The molecule has 0 fully saturated rings. The molecule has 0 aliphatic heterocycles. The smallest absolute Gasteiger partial charge is 0.0645 e. The Labute approximate surface area is 121 Å². The zero-order chi connectivity index (χ0) is 14.4. The molecule has 0 spiro atoms. The predicted octanol–water partition coefficient (Wildman–Crippen LogP) is 2.30. The van der Waals surface area contributed by atoms with E-state index in [4.69, 9.17) is 0 Å². The quantitative estimate of drug-likeness (QED) is 0.839. The van der Waals surface area contributed by atoms with E-state index in [1.165, 1.54) is 5.56 Å². The normalized spacial score (nSPS) is 11.4. The molecule has 0 saturated carbocycles. The van der Waals surface area contributed by atoms with Crippen molar-refractivity contribution in [1.82, 2.24) is 20.0 Å².